The van der Waals surface area contributed by atoms with Gasteiger partial charge in [-0.3, -0.25) is 4.79 Å². The van der Waals surface area contributed by atoms with Crippen molar-refractivity contribution in [3.05, 3.63) is 51.1 Å². The fraction of sp³-hybridized carbons (Fsp3) is 0.111. The van der Waals surface area contributed by atoms with E-state index in [1.165, 1.54) is 11.3 Å². The van der Waals surface area contributed by atoms with E-state index in [1.54, 1.807) is 35.7 Å². The van der Waals surface area contributed by atoms with E-state index in [0.717, 1.165) is 11.8 Å². The van der Waals surface area contributed by atoms with Gasteiger partial charge < -0.3 is 10.1 Å². The van der Waals surface area contributed by atoms with Crippen molar-refractivity contribution < 1.29 is 13.5 Å². The van der Waals surface area contributed by atoms with Crippen molar-refractivity contribution in [1.82, 2.24) is 9.71 Å². The number of rotatable bonds is 3. The van der Waals surface area contributed by atoms with Crippen molar-refractivity contribution >= 4 is 31.6 Å². The van der Waals surface area contributed by atoms with Crippen LogP contribution in [0.3, 0.4) is 0 Å². The van der Waals surface area contributed by atoms with Gasteiger partial charge in [0.05, 0.1) is 18.2 Å². The van der Waals surface area contributed by atoms with E-state index >= 15 is 0 Å². The quantitative estimate of drug-likeness (QED) is 0.579. The second-order valence-corrected chi connectivity index (χ2v) is 8.33. The second kappa shape index (κ2) is 7.25. The summed E-state index contributed by atoms with van der Waals surface area (Å²) in [5, 5.41) is 21.6. The largest absolute Gasteiger partial charge is 0.506 e. The Kier molecular flexibility index (Phi) is 5.02. The molecular formula is C18H13N3O4S2. The summed E-state index contributed by atoms with van der Waals surface area (Å²) in [4.78, 5) is 14.9. The van der Waals surface area contributed by atoms with Gasteiger partial charge in [-0.15, -0.1) is 11.3 Å². The van der Waals surface area contributed by atoms with Crippen LogP contribution in [0.5, 0.6) is 5.75 Å². The van der Waals surface area contributed by atoms with Crippen LogP contribution in [0.25, 0.3) is 21.3 Å². The standard InChI is InChI=1S/C18H13N3O4S2/c1-27(24,25)20-8-2-3-11-4-6-12(7-5-11)14-10-26-18-15(14)16(22)13(9-19)17(23)21-18/h4-7,10,20H,8H2,1H3,(H2,21,22,23). The van der Waals surface area contributed by atoms with E-state index in [-0.39, 0.29) is 17.9 Å². The molecule has 0 amide bonds. The van der Waals surface area contributed by atoms with Crippen LogP contribution < -0.4 is 10.3 Å². The van der Waals surface area contributed by atoms with Crippen LogP contribution in [0.4, 0.5) is 0 Å². The minimum absolute atomic E-state index is 0.0218. The molecule has 0 spiro atoms. The highest BCUT2D eigenvalue weighted by atomic mass is 32.2. The highest BCUT2D eigenvalue weighted by Crippen LogP contribution is 2.38. The number of hydrogen-bond donors (Lipinski definition) is 3. The Morgan fingerprint density at radius 3 is 2.63 bits per heavy atom. The summed E-state index contributed by atoms with van der Waals surface area (Å²) in [5.41, 5.74) is 1.24. The first kappa shape index (κ1) is 18.7. The highest BCUT2D eigenvalue weighted by Gasteiger charge is 2.17. The maximum absolute atomic E-state index is 11.8. The number of thiophene rings is 1. The van der Waals surface area contributed by atoms with Crippen LogP contribution in [0, 0.1) is 23.2 Å². The van der Waals surface area contributed by atoms with Gasteiger partial charge in [0.25, 0.3) is 5.56 Å². The lowest BCUT2D eigenvalue weighted by atomic mass is 10.0. The van der Waals surface area contributed by atoms with Crippen molar-refractivity contribution in [2.75, 3.05) is 12.8 Å². The summed E-state index contributed by atoms with van der Waals surface area (Å²) < 4.78 is 24.2. The van der Waals surface area contributed by atoms with Crippen LogP contribution in [0.1, 0.15) is 11.1 Å². The molecule has 0 aliphatic heterocycles. The number of nitriles is 1. The smallest absolute Gasteiger partial charge is 0.270 e. The Morgan fingerprint density at radius 2 is 2.00 bits per heavy atom. The fourth-order valence-electron chi connectivity index (χ4n) is 2.45. The molecule has 0 aliphatic rings. The zero-order valence-corrected chi connectivity index (χ0v) is 15.7. The maximum atomic E-state index is 11.8. The lowest BCUT2D eigenvalue weighted by molar-refractivity contribution is 0.479. The molecule has 9 heteroatoms. The molecule has 2 heterocycles. The van der Waals surface area contributed by atoms with Gasteiger partial charge >= 0.3 is 0 Å². The van der Waals surface area contributed by atoms with Crippen LogP contribution in [0.2, 0.25) is 0 Å². The lowest BCUT2D eigenvalue weighted by Crippen LogP contribution is -2.21. The summed E-state index contributed by atoms with van der Waals surface area (Å²) in [6.07, 6.45) is 1.06. The number of nitrogens with zero attached hydrogens (tertiary/aromatic N) is 1. The first-order valence-corrected chi connectivity index (χ1v) is 10.4. The molecule has 3 rings (SSSR count). The van der Waals surface area contributed by atoms with Crippen molar-refractivity contribution in [2.24, 2.45) is 0 Å². The predicted octanol–water partition coefficient (Wildman–Crippen LogP) is 1.73. The van der Waals surface area contributed by atoms with Crippen molar-refractivity contribution in [3.63, 3.8) is 0 Å². The number of benzene rings is 1. The van der Waals surface area contributed by atoms with Crippen molar-refractivity contribution in [2.45, 2.75) is 0 Å². The lowest BCUT2D eigenvalue weighted by Gasteiger charge is -2.03. The molecule has 0 saturated carbocycles. The zero-order chi connectivity index (χ0) is 19.6. The number of nitrogens with one attached hydrogen (secondary N) is 2. The molecule has 3 aromatic rings. The number of pyridine rings is 1. The summed E-state index contributed by atoms with van der Waals surface area (Å²) in [5.74, 6) is 5.24. The van der Waals surface area contributed by atoms with Gasteiger partial charge in [0.1, 0.15) is 16.6 Å². The number of aromatic amines is 1. The molecule has 3 N–H and O–H groups in total. The highest BCUT2D eigenvalue weighted by molar-refractivity contribution is 7.88. The van der Waals surface area contributed by atoms with E-state index in [2.05, 4.69) is 21.5 Å². The monoisotopic (exact) mass is 399 g/mol. The number of H-pyrrole nitrogens is 1. The van der Waals surface area contributed by atoms with Crippen LogP contribution in [-0.2, 0) is 10.0 Å². The van der Waals surface area contributed by atoms with Gasteiger partial charge in [-0.2, -0.15) is 5.26 Å². The second-order valence-electron chi connectivity index (χ2n) is 5.62. The Bertz CT molecular complexity index is 1290. The summed E-state index contributed by atoms with van der Waals surface area (Å²) in [6.45, 7) is 0.0218. The summed E-state index contributed by atoms with van der Waals surface area (Å²) in [7, 11) is -3.27. The van der Waals surface area contributed by atoms with Gasteiger partial charge in [0, 0.05) is 16.5 Å². The molecule has 0 unspecified atom stereocenters. The van der Waals surface area contributed by atoms with E-state index in [1.807, 2.05) is 0 Å². The number of sulfonamides is 1. The summed E-state index contributed by atoms with van der Waals surface area (Å²) >= 11 is 1.26. The average molecular weight is 399 g/mol. The molecule has 2 aromatic heterocycles. The molecule has 0 fully saturated rings. The molecule has 136 valence electrons. The van der Waals surface area contributed by atoms with Crippen LogP contribution >= 0.6 is 11.3 Å². The maximum Gasteiger partial charge on any atom is 0.270 e. The third kappa shape index (κ3) is 4.01. The van der Waals surface area contributed by atoms with Gasteiger partial charge in [-0.25, -0.2) is 13.1 Å². The molecule has 0 atom stereocenters. The SMILES string of the molecule is CS(=O)(=O)NCC#Cc1ccc(-c2csc3[nH]c(=O)c(C#N)c(O)c23)cc1. The van der Waals surface area contributed by atoms with E-state index in [0.29, 0.717) is 21.3 Å². The molecule has 7 nitrogen and oxygen atoms in total. The van der Waals surface area contributed by atoms with Crippen molar-refractivity contribution in [1.29, 1.82) is 5.26 Å². The van der Waals surface area contributed by atoms with Gasteiger partial charge in [0.15, 0.2) is 5.56 Å². The number of fused-ring (bicyclic) bond motifs is 1. The predicted molar refractivity (Wildman–Crippen MR) is 104 cm³/mol. The molecule has 1 aromatic carbocycles. The Hall–Kier alpha value is -3.11. The van der Waals surface area contributed by atoms with E-state index in [4.69, 9.17) is 5.26 Å². The van der Waals surface area contributed by atoms with Crippen molar-refractivity contribution in [3.8, 4) is 34.8 Å². The molecule has 27 heavy (non-hydrogen) atoms. The fourth-order valence-corrected chi connectivity index (χ4v) is 3.75. The molecule has 0 bridgehead atoms. The normalized spacial score (nSPS) is 11.0. The van der Waals surface area contributed by atoms with Gasteiger partial charge in [-0.1, -0.05) is 24.0 Å². The number of aromatic hydroxyl groups is 1. The molecule has 0 saturated heterocycles. The molecular weight excluding hydrogens is 386 g/mol. The minimum Gasteiger partial charge on any atom is -0.506 e. The molecule has 0 radical (unpaired) electrons. The van der Waals surface area contributed by atoms with E-state index in [9.17, 15) is 18.3 Å². The van der Waals surface area contributed by atoms with Crippen LogP contribution in [-0.4, -0.2) is 31.3 Å². The minimum atomic E-state index is -3.27. The first-order chi connectivity index (χ1) is 12.8. The first-order valence-electron chi connectivity index (χ1n) is 7.60. The zero-order valence-electron chi connectivity index (χ0n) is 14.0. The topological polar surface area (TPSA) is 123 Å². The Balaban J connectivity index is 1.94. The number of hydrogen-bond acceptors (Lipinski definition) is 6. The third-order valence-electron chi connectivity index (χ3n) is 3.68. The van der Waals surface area contributed by atoms with E-state index < -0.39 is 15.6 Å². The third-order valence-corrected chi connectivity index (χ3v) is 5.25. The molecule has 0 aliphatic carbocycles. The Morgan fingerprint density at radius 1 is 1.30 bits per heavy atom. The Labute approximate surface area is 159 Å². The summed E-state index contributed by atoms with van der Waals surface area (Å²) in [6, 6.07) is 8.84. The number of aromatic nitrogens is 1. The van der Waals surface area contributed by atoms with Crippen LogP contribution in [0.15, 0.2) is 34.4 Å². The van der Waals surface area contributed by atoms with Gasteiger partial charge in [-0.05, 0) is 17.7 Å². The average Bonchev–Trinajstić information content (AvgIpc) is 3.03. The van der Waals surface area contributed by atoms with Gasteiger partial charge in [0.2, 0.25) is 10.0 Å².